The summed E-state index contributed by atoms with van der Waals surface area (Å²) in [5, 5.41) is 38.9. The number of rotatable bonds is 11. The van der Waals surface area contributed by atoms with Crippen LogP contribution in [0.2, 0.25) is 0 Å². The van der Waals surface area contributed by atoms with Crippen LogP contribution in [0.25, 0.3) is 22.3 Å². The number of likely N-dealkylation sites (tertiary alicyclic amines) is 4. The molecule has 12 aliphatic rings. The summed E-state index contributed by atoms with van der Waals surface area (Å²) in [6.07, 6.45) is 16.0. The highest BCUT2D eigenvalue weighted by molar-refractivity contribution is 5.91. The number of ether oxygens (including phenoxy) is 6. The van der Waals surface area contributed by atoms with Gasteiger partial charge >= 0.3 is 23.9 Å². The molecule has 2 aliphatic carbocycles. The third kappa shape index (κ3) is 17.3. The lowest BCUT2D eigenvalue weighted by molar-refractivity contribution is -0.159. The molecule has 0 aromatic heterocycles. The van der Waals surface area contributed by atoms with E-state index >= 15 is 0 Å². The number of carbonyl (C=O) groups is 4. The molecule has 0 spiro atoms. The highest BCUT2D eigenvalue weighted by Gasteiger charge is 2.49. The highest BCUT2D eigenvalue weighted by atomic mass is 16.5. The van der Waals surface area contributed by atoms with Gasteiger partial charge in [0.25, 0.3) is 0 Å². The molecule has 4 N–H and O–H groups in total. The molecule has 618 valence electrons. The Hall–Kier alpha value is -10.4. The van der Waals surface area contributed by atoms with Crippen LogP contribution in [0.15, 0.2) is 216 Å². The van der Waals surface area contributed by atoms with E-state index < -0.39 is 40.2 Å². The lowest BCUT2D eigenvalue weighted by atomic mass is 9.71. The van der Waals surface area contributed by atoms with Crippen LogP contribution < -0.4 is 18.9 Å². The van der Waals surface area contributed by atoms with Crippen molar-refractivity contribution >= 4 is 46.2 Å². The highest BCUT2D eigenvalue weighted by Crippen LogP contribution is 2.49. The summed E-state index contributed by atoms with van der Waals surface area (Å²) in [5.41, 5.74) is 23.7. The minimum Gasteiger partial charge on any atom is -0.488 e. The maximum Gasteiger partial charge on any atom is 0.324 e. The summed E-state index contributed by atoms with van der Waals surface area (Å²) in [5.74, 6) is 0.953. The molecule has 8 fully saturated rings. The van der Waals surface area contributed by atoms with Gasteiger partial charge in [0.05, 0.1) is 17.9 Å². The topological polar surface area (TPSA) is 218 Å². The van der Waals surface area contributed by atoms with Gasteiger partial charge in [-0.25, -0.2) is 0 Å². The summed E-state index contributed by atoms with van der Waals surface area (Å²) < 4.78 is 35.4. The number of hydrogen-bond donors (Lipinski definition) is 4. The number of fused-ring (bicyclic) bond motifs is 8. The van der Waals surface area contributed by atoms with E-state index in [1.807, 2.05) is 36.4 Å². The van der Waals surface area contributed by atoms with Crippen molar-refractivity contribution < 1.29 is 68.0 Å². The van der Waals surface area contributed by atoms with Gasteiger partial charge in [-0.1, -0.05) is 211 Å². The maximum absolute atomic E-state index is 12.2. The third-order valence-corrected chi connectivity index (χ3v) is 27.5. The molecule has 0 radical (unpaired) electrons. The SMILES string of the molecule is O=C(O)C1(CCN2CCC(=C3c4ccccc4COc4ccccc43)CC2)CCCCC1.O=C(O)C1(CN2CCC(=C3c4ccccc4COc4ccccc43)CC2)CCOC1.O=C(O)C1(N2CCC(=C3c4ccccc4COc4ccccc43)CC2)CCOCC1.O=C(O)C1CC1N1CCC(=C2c3ccccc3COc3ccccc32)CC1. The molecule has 20 rings (SSSR count). The fourth-order valence-electron chi connectivity index (χ4n) is 20.6. The Kier molecular flexibility index (Phi) is 24.7. The van der Waals surface area contributed by atoms with E-state index in [2.05, 4.69) is 177 Å². The quantitative estimate of drug-likeness (QED) is 0.0946. The first-order valence-electron chi connectivity index (χ1n) is 43.4. The van der Waals surface area contributed by atoms with Gasteiger partial charge in [0.15, 0.2) is 0 Å². The molecule has 10 heterocycles. The molecule has 0 amide bonds. The third-order valence-electron chi connectivity index (χ3n) is 27.5. The van der Waals surface area contributed by atoms with Gasteiger partial charge in [-0.15, -0.1) is 0 Å². The number of para-hydroxylation sites is 4. The molecule has 18 heteroatoms. The molecular weight excluding hydrogens is 1490 g/mol. The van der Waals surface area contributed by atoms with Gasteiger partial charge in [0.2, 0.25) is 0 Å². The Bertz CT molecular complexity index is 4970. The van der Waals surface area contributed by atoms with E-state index in [4.69, 9.17) is 28.4 Å². The fourth-order valence-corrected chi connectivity index (χ4v) is 20.6. The van der Waals surface area contributed by atoms with E-state index in [0.717, 1.165) is 183 Å². The van der Waals surface area contributed by atoms with Crippen molar-refractivity contribution in [3.63, 3.8) is 0 Å². The summed E-state index contributed by atoms with van der Waals surface area (Å²) in [6, 6.07) is 67.7. The van der Waals surface area contributed by atoms with Crippen molar-refractivity contribution in [1.82, 2.24) is 19.6 Å². The standard InChI is InChI=1S/C28H33NO3.2C25H27NO4.C23H23NO3/c30-27(31)28(14-6-1-7-15-28)16-19-29-17-12-21(13-18-29)26-23-9-3-2-8-22(23)20-32-25-11-5-4-10-24(25)26;27-24(28)25(11-15-29-16-12-25)26-13-9-18(10-14-26)23-20-6-2-1-5-19(20)17-30-22-8-4-3-7-21(22)23;27-24(28)25(11-14-29-17-25)16-26-12-9-18(10-13-26)23-20-6-2-1-5-19(20)15-30-22-8-4-3-7-21(22)23;25-23(26)19-13-20(19)24-11-9-15(10-12-24)22-17-6-2-1-5-16(17)14-27-21-8-4-3-7-18(21)22/h2-5,8-11H,1,6-7,12-20H2,(H,30,31);2*1-8H,9-17H2,(H,27,28);1-8,19-20H,9-14H2,(H,25,26). The summed E-state index contributed by atoms with van der Waals surface area (Å²) in [7, 11) is 0. The second-order valence-electron chi connectivity index (χ2n) is 34.3. The first-order valence-corrected chi connectivity index (χ1v) is 43.4. The lowest BCUT2D eigenvalue weighted by Gasteiger charge is -2.45. The van der Waals surface area contributed by atoms with E-state index in [0.29, 0.717) is 78.7 Å². The minimum absolute atomic E-state index is 0.160. The number of hydrogen-bond acceptors (Lipinski definition) is 14. The Labute approximate surface area is 698 Å². The predicted molar refractivity (Wildman–Crippen MR) is 459 cm³/mol. The molecule has 8 aromatic carbocycles. The van der Waals surface area contributed by atoms with E-state index in [1.165, 1.54) is 107 Å². The monoisotopic (exact) mass is 1600 g/mol. The van der Waals surface area contributed by atoms with Crippen LogP contribution >= 0.6 is 0 Å². The number of nitrogens with zero attached hydrogens (tertiary/aromatic N) is 4. The first-order chi connectivity index (χ1) is 58.2. The fraction of sp³-hybridized carbons (Fsp3) is 0.406. The maximum atomic E-state index is 12.2. The number of piperidine rings is 4. The molecule has 3 atom stereocenters. The Morgan fingerprint density at radius 1 is 0.353 bits per heavy atom. The van der Waals surface area contributed by atoms with Crippen molar-refractivity contribution in [2.75, 3.05) is 91.9 Å². The molecule has 6 saturated heterocycles. The minimum atomic E-state index is -0.781. The Morgan fingerprint density at radius 3 is 1.05 bits per heavy atom. The second kappa shape index (κ2) is 36.2. The van der Waals surface area contributed by atoms with Gasteiger partial charge in [0, 0.05) is 107 Å². The average Bonchev–Trinajstić information content (AvgIpc) is 1.78. The lowest BCUT2D eigenvalue weighted by Crippen LogP contribution is -2.59. The van der Waals surface area contributed by atoms with Crippen molar-refractivity contribution in [3.05, 3.63) is 283 Å². The zero-order valence-corrected chi connectivity index (χ0v) is 68.2. The van der Waals surface area contributed by atoms with Gasteiger partial charge in [0.1, 0.15) is 60.4 Å². The number of carboxylic acids is 4. The summed E-state index contributed by atoms with van der Waals surface area (Å²) in [4.78, 5) is 56.7. The number of carboxylic acid groups (broad SMARTS) is 4. The van der Waals surface area contributed by atoms with Crippen LogP contribution in [0.5, 0.6) is 23.0 Å². The average molecular weight is 1600 g/mol. The molecule has 119 heavy (non-hydrogen) atoms. The van der Waals surface area contributed by atoms with Gasteiger partial charge in [-0.2, -0.15) is 0 Å². The summed E-state index contributed by atoms with van der Waals surface area (Å²) in [6.45, 7) is 12.9. The molecule has 8 aromatic rings. The molecule has 0 bridgehead atoms. The van der Waals surface area contributed by atoms with Gasteiger partial charge in [-0.05, 0) is 194 Å². The number of benzene rings is 8. The first kappa shape index (κ1) is 80.9. The molecule has 2 saturated carbocycles. The molecule has 18 nitrogen and oxygen atoms in total. The molecular formula is C101H110N4O14. The van der Waals surface area contributed by atoms with Gasteiger partial charge < -0.3 is 58.6 Å². The zero-order chi connectivity index (χ0) is 81.5. The van der Waals surface area contributed by atoms with E-state index in [-0.39, 0.29) is 12.0 Å². The van der Waals surface area contributed by atoms with E-state index in [1.54, 1.807) is 0 Å². The molecule has 10 aliphatic heterocycles. The van der Waals surface area contributed by atoms with Gasteiger partial charge in [-0.3, -0.25) is 29.0 Å². The number of aliphatic carboxylic acids is 4. The zero-order valence-electron chi connectivity index (χ0n) is 68.2. The van der Waals surface area contributed by atoms with Crippen LogP contribution in [-0.4, -0.2) is 167 Å². The predicted octanol–water partition coefficient (Wildman–Crippen LogP) is 17.9. The van der Waals surface area contributed by atoms with Crippen LogP contribution in [0.3, 0.4) is 0 Å². The summed E-state index contributed by atoms with van der Waals surface area (Å²) >= 11 is 0. The van der Waals surface area contributed by atoms with E-state index in [9.17, 15) is 39.6 Å². The van der Waals surface area contributed by atoms with Crippen molar-refractivity contribution in [3.8, 4) is 23.0 Å². The van der Waals surface area contributed by atoms with Crippen molar-refractivity contribution in [2.45, 2.75) is 154 Å². The Balaban J connectivity index is 0.000000114. The second-order valence-corrected chi connectivity index (χ2v) is 34.3. The van der Waals surface area contributed by atoms with Crippen LogP contribution in [0.4, 0.5) is 0 Å². The van der Waals surface area contributed by atoms with Crippen molar-refractivity contribution in [1.29, 1.82) is 0 Å². The normalized spacial score (nSPS) is 22.5. The van der Waals surface area contributed by atoms with Crippen molar-refractivity contribution in [2.24, 2.45) is 16.7 Å². The smallest absolute Gasteiger partial charge is 0.324 e. The van der Waals surface area contributed by atoms with Crippen LogP contribution in [-0.2, 0) is 55.1 Å². The Morgan fingerprint density at radius 2 is 0.697 bits per heavy atom. The largest absolute Gasteiger partial charge is 0.488 e. The molecule has 3 unspecified atom stereocenters. The van der Waals surface area contributed by atoms with Crippen LogP contribution in [0.1, 0.15) is 182 Å². The van der Waals surface area contributed by atoms with Crippen LogP contribution in [0, 0.1) is 16.7 Å².